The van der Waals surface area contributed by atoms with E-state index in [1.165, 1.54) is 12.8 Å². The number of carbonyl (C=O) groups is 1. The van der Waals surface area contributed by atoms with Crippen molar-refractivity contribution in [1.29, 1.82) is 0 Å². The van der Waals surface area contributed by atoms with Gasteiger partial charge in [-0.2, -0.15) is 0 Å². The van der Waals surface area contributed by atoms with Crippen LogP contribution in [0.3, 0.4) is 0 Å². The number of hydrogen-bond acceptors (Lipinski definition) is 6. The van der Waals surface area contributed by atoms with Crippen LogP contribution in [0.2, 0.25) is 5.02 Å². The Bertz CT molecular complexity index is 1380. The average molecular weight is 474 g/mol. The van der Waals surface area contributed by atoms with E-state index in [1.807, 2.05) is 36.1 Å². The van der Waals surface area contributed by atoms with Crippen molar-refractivity contribution in [2.75, 3.05) is 6.54 Å². The van der Waals surface area contributed by atoms with Crippen LogP contribution in [0.1, 0.15) is 47.8 Å². The highest BCUT2D eigenvalue weighted by Crippen LogP contribution is 2.55. The summed E-state index contributed by atoms with van der Waals surface area (Å²) in [6.45, 7) is 2.67. The molecule has 2 aliphatic rings. The Labute approximate surface area is 202 Å². The summed E-state index contributed by atoms with van der Waals surface area (Å²) in [7, 11) is 0. The van der Waals surface area contributed by atoms with Crippen molar-refractivity contribution in [2.45, 2.75) is 45.1 Å². The molecule has 4 heterocycles. The predicted octanol–water partition coefficient (Wildman–Crippen LogP) is 5.27. The summed E-state index contributed by atoms with van der Waals surface area (Å²) in [5.74, 6) is 1.14. The number of likely N-dealkylation sites (tertiary alicyclic amines) is 1. The summed E-state index contributed by atoms with van der Waals surface area (Å²) < 4.78 is 5.92. The smallest absolute Gasteiger partial charge is 0.273 e. The second-order valence-corrected chi connectivity index (χ2v) is 9.91. The molecule has 0 unspecified atom stereocenters. The highest BCUT2D eigenvalue weighted by Gasteiger charge is 2.53. The van der Waals surface area contributed by atoms with Crippen LogP contribution in [0.25, 0.3) is 22.5 Å². The van der Waals surface area contributed by atoms with Crippen LogP contribution < -0.4 is 0 Å². The van der Waals surface area contributed by atoms with E-state index >= 15 is 0 Å². The summed E-state index contributed by atoms with van der Waals surface area (Å²) in [4.78, 5) is 33.8. The number of carbonyl (C=O) groups excluding carboxylic acids is 1. The van der Waals surface area contributed by atoms with E-state index in [-0.39, 0.29) is 17.4 Å². The Morgan fingerprint density at radius 3 is 2.79 bits per heavy atom. The van der Waals surface area contributed by atoms with Gasteiger partial charge in [-0.3, -0.25) is 4.79 Å². The summed E-state index contributed by atoms with van der Waals surface area (Å²) in [5.41, 5.74) is 3.63. The molecule has 1 aliphatic carbocycles. The number of amides is 1. The molecule has 1 aliphatic heterocycles. The number of oxazole rings is 1. The molecule has 6 rings (SSSR count). The van der Waals surface area contributed by atoms with E-state index in [0.717, 1.165) is 36.2 Å². The first-order valence-corrected chi connectivity index (χ1v) is 12.0. The molecule has 0 N–H and O–H groups in total. The number of rotatable bonds is 5. The number of pyridine rings is 1. The lowest BCUT2D eigenvalue weighted by molar-refractivity contribution is 0.0718. The molecule has 2 fully saturated rings. The second-order valence-electron chi connectivity index (χ2n) is 9.47. The first-order valence-electron chi connectivity index (χ1n) is 11.6. The lowest BCUT2D eigenvalue weighted by atomic mass is 10.0. The van der Waals surface area contributed by atoms with Gasteiger partial charge in [0.1, 0.15) is 11.2 Å². The molecular formula is C26H24ClN5O2. The molecule has 1 atom stereocenters. The lowest BCUT2D eigenvalue weighted by Gasteiger charge is -2.25. The minimum Gasteiger partial charge on any atom is -0.441 e. The first kappa shape index (κ1) is 21.2. The van der Waals surface area contributed by atoms with Gasteiger partial charge in [0.25, 0.3) is 5.91 Å². The number of fused-ring (bicyclic) bond motifs is 1. The Hall–Kier alpha value is -3.32. The van der Waals surface area contributed by atoms with Crippen molar-refractivity contribution in [2.24, 2.45) is 5.41 Å². The van der Waals surface area contributed by atoms with E-state index in [2.05, 4.69) is 19.9 Å². The fourth-order valence-corrected chi connectivity index (χ4v) is 5.19. The van der Waals surface area contributed by atoms with Crippen LogP contribution >= 0.6 is 11.6 Å². The monoisotopic (exact) mass is 473 g/mol. The SMILES string of the molecule is Cc1ccc(-c2ncccn2)c(C(=O)N2CC3(CC3)C[C@H]2CCc2nc3cc(Cl)ccc3o2)n1. The third-order valence-corrected chi connectivity index (χ3v) is 7.20. The lowest BCUT2D eigenvalue weighted by Crippen LogP contribution is -2.37. The minimum absolute atomic E-state index is 0.0516. The fourth-order valence-electron chi connectivity index (χ4n) is 5.02. The highest BCUT2D eigenvalue weighted by molar-refractivity contribution is 6.31. The van der Waals surface area contributed by atoms with E-state index < -0.39 is 0 Å². The maximum Gasteiger partial charge on any atom is 0.273 e. The molecule has 0 radical (unpaired) electrons. The highest BCUT2D eigenvalue weighted by atomic mass is 35.5. The van der Waals surface area contributed by atoms with Gasteiger partial charge in [-0.1, -0.05) is 11.6 Å². The van der Waals surface area contributed by atoms with Gasteiger partial charge in [-0.05, 0) is 74.4 Å². The van der Waals surface area contributed by atoms with Crippen molar-refractivity contribution in [3.63, 3.8) is 0 Å². The van der Waals surface area contributed by atoms with Gasteiger partial charge in [0.05, 0.1) is 5.56 Å². The van der Waals surface area contributed by atoms with Crippen LogP contribution in [-0.4, -0.2) is 43.3 Å². The molecule has 34 heavy (non-hydrogen) atoms. The normalized spacial score (nSPS) is 18.6. The third kappa shape index (κ3) is 3.94. The van der Waals surface area contributed by atoms with Crippen LogP contribution in [0.15, 0.2) is 53.2 Å². The Morgan fingerprint density at radius 2 is 2.00 bits per heavy atom. The molecule has 1 aromatic carbocycles. The van der Waals surface area contributed by atoms with Gasteiger partial charge in [-0.15, -0.1) is 0 Å². The molecular weight excluding hydrogens is 450 g/mol. The van der Waals surface area contributed by atoms with E-state index in [1.54, 1.807) is 24.5 Å². The number of aromatic nitrogens is 4. The molecule has 4 aromatic rings. The van der Waals surface area contributed by atoms with Crippen molar-refractivity contribution < 1.29 is 9.21 Å². The standard InChI is InChI=1S/C26H24ClN5O2/c1-16-3-6-19(24-28-11-2-12-29-24)23(30-16)25(33)32-15-26(9-10-26)14-18(32)5-8-22-31-20-13-17(27)4-7-21(20)34-22/h2-4,6-7,11-13,18H,5,8-10,14-15H2,1H3/t18-/m1/s1. The van der Waals surface area contributed by atoms with Crippen molar-refractivity contribution >= 4 is 28.6 Å². The molecule has 1 saturated carbocycles. The summed E-state index contributed by atoms with van der Waals surface area (Å²) in [6, 6.07) is 11.1. The quantitative estimate of drug-likeness (QED) is 0.392. The van der Waals surface area contributed by atoms with Gasteiger partial charge < -0.3 is 9.32 Å². The van der Waals surface area contributed by atoms with Gasteiger partial charge in [0, 0.05) is 42.1 Å². The summed E-state index contributed by atoms with van der Waals surface area (Å²) in [5, 5.41) is 0.638. The van der Waals surface area contributed by atoms with Crippen LogP contribution in [0.5, 0.6) is 0 Å². The molecule has 3 aromatic heterocycles. The van der Waals surface area contributed by atoms with Crippen molar-refractivity contribution in [1.82, 2.24) is 24.8 Å². The number of benzene rings is 1. The second kappa shape index (κ2) is 8.17. The zero-order chi connectivity index (χ0) is 23.3. The van der Waals surface area contributed by atoms with Gasteiger partial charge in [0.15, 0.2) is 17.3 Å². The van der Waals surface area contributed by atoms with Gasteiger partial charge in [0.2, 0.25) is 0 Å². The number of hydrogen-bond donors (Lipinski definition) is 0. The van der Waals surface area contributed by atoms with E-state index in [0.29, 0.717) is 34.4 Å². The minimum atomic E-state index is -0.0516. The molecule has 1 amide bonds. The first-order chi connectivity index (χ1) is 16.5. The Morgan fingerprint density at radius 1 is 1.18 bits per heavy atom. The number of halogens is 1. The Balaban J connectivity index is 1.27. The van der Waals surface area contributed by atoms with Crippen LogP contribution in [0.4, 0.5) is 0 Å². The molecule has 1 spiro atoms. The van der Waals surface area contributed by atoms with Gasteiger partial charge in [-0.25, -0.2) is 19.9 Å². The molecule has 0 bridgehead atoms. The molecule has 1 saturated heterocycles. The third-order valence-electron chi connectivity index (χ3n) is 6.96. The number of aryl methyl sites for hydroxylation is 2. The van der Waals surface area contributed by atoms with Crippen molar-refractivity contribution in [3.8, 4) is 11.4 Å². The number of nitrogens with zero attached hydrogens (tertiary/aromatic N) is 5. The van der Waals surface area contributed by atoms with Crippen molar-refractivity contribution in [3.05, 3.63) is 71.1 Å². The largest absolute Gasteiger partial charge is 0.441 e. The maximum atomic E-state index is 13.9. The van der Waals surface area contributed by atoms with E-state index in [9.17, 15) is 4.79 Å². The topological polar surface area (TPSA) is 85.0 Å². The average Bonchev–Trinajstić information content (AvgIpc) is 3.31. The Kier molecular flexibility index (Phi) is 5.10. The predicted molar refractivity (Wildman–Crippen MR) is 128 cm³/mol. The van der Waals surface area contributed by atoms with E-state index in [4.69, 9.17) is 16.0 Å². The van der Waals surface area contributed by atoms with Crippen LogP contribution in [-0.2, 0) is 6.42 Å². The maximum absolute atomic E-state index is 13.9. The summed E-state index contributed by atoms with van der Waals surface area (Å²) >= 11 is 6.09. The molecule has 172 valence electrons. The summed E-state index contributed by atoms with van der Waals surface area (Å²) in [6.07, 6.45) is 8.16. The molecule has 7 nitrogen and oxygen atoms in total. The fraction of sp³-hybridized carbons (Fsp3) is 0.346. The zero-order valence-electron chi connectivity index (χ0n) is 18.9. The van der Waals surface area contributed by atoms with Crippen LogP contribution in [0, 0.1) is 12.3 Å². The van der Waals surface area contributed by atoms with Gasteiger partial charge >= 0.3 is 0 Å². The molecule has 8 heteroatoms. The zero-order valence-corrected chi connectivity index (χ0v) is 19.6.